The Morgan fingerprint density at radius 2 is 2.36 bits per heavy atom. The van der Waals surface area contributed by atoms with Gasteiger partial charge in [0, 0.05) is 16.1 Å². The molecule has 0 aliphatic heterocycles. The molecule has 0 bridgehead atoms. The summed E-state index contributed by atoms with van der Waals surface area (Å²) in [5.41, 5.74) is 6.75. The van der Waals surface area contributed by atoms with Gasteiger partial charge >= 0.3 is 0 Å². The van der Waals surface area contributed by atoms with Gasteiger partial charge in [-0.3, -0.25) is 0 Å². The van der Waals surface area contributed by atoms with Crippen LogP contribution in [0.5, 0.6) is 5.75 Å². The molecule has 0 radical (unpaired) electrons. The van der Waals surface area contributed by atoms with Crippen molar-refractivity contribution < 1.29 is 4.74 Å². The van der Waals surface area contributed by atoms with Gasteiger partial charge in [-0.2, -0.15) is 0 Å². The monoisotopic (exact) mass is 253 g/mol. The smallest absolute Gasteiger partial charge is 0.148 e. The highest BCUT2D eigenvalue weighted by Gasteiger charge is 2.07. The molecule has 2 N–H and O–H groups in total. The van der Waals surface area contributed by atoms with Gasteiger partial charge in [-0.25, -0.2) is 0 Å². The van der Waals surface area contributed by atoms with Gasteiger partial charge in [0.25, 0.3) is 0 Å². The predicted octanol–water partition coefficient (Wildman–Crippen LogP) is 2.48. The lowest BCUT2D eigenvalue weighted by atomic mass is 10.1. The van der Waals surface area contributed by atoms with E-state index in [2.05, 4.69) is 21.9 Å². The van der Waals surface area contributed by atoms with Gasteiger partial charge in [0.15, 0.2) is 0 Å². The van der Waals surface area contributed by atoms with E-state index in [1.165, 1.54) is 0 Å². The molecule has 0 heterocycles. The van der Waals surface area contributed by atoms with E-state index >= 15 is 0 Å². The minimum atomic E-state index is -0.0594. The number of benzene rings is 1. The van der Waals surface area contributed by atoms with Crippen molar-refractivity contribution in [1.82, 2.24) is 0 Å². The van der Waals surface area contributed by atoms with Crippen LogP contribution in [-0.4, -0.2) is 6.61 Å². The van der Waals surface area contributed by atoms with Crippen LogP contribution in [0.4, 0.5) is 0 Å². The number of ether oxygens (including phenoxy) is 1. The van der Waals surface area contributed by atoms with Crippen molar-refractivity contribution in [2.75, 3.05) is 6.61 Å². The van der Waals surface area contributed by atoms with Gasteiger partial charge in [0.2, 0.25) is 0 Å². The van der Waals surface area contributed by atoms with Crippen LogP contribution in [0, 0.1) is 12.3 Å². The Hall–Kier alpha value is -0.980. The number of hydrogen-bond acceptors (Lipinski definition) is 2. The van der Waals surface area contributed by atoms with E-state index in [-0.39, 0.29) is 12.6 Å². The summed E-state index contributed by atoms with van der Waals surface area (Å²) in [4.78, 5) is 0. The van der Waals surface area contributed by atoms with Gasteiger partial charge in [0.05, 0.1) is 0 Å². The highest BCUT2D eigenvalue weighted by molar-refractivity contribution is 9.10. The maximum Gasteiger partial charge on any atom is 0.148 e. The summed E-state index contributed by atoms with van der Waals surface area (Å²) in [6, 6.07) is 5.67. The van der Waals surface area contributed by atoms with Crippen molar-refractivity contribution >= 4 is 15.9 Å². The van der Waals surface area contributed by atoms with E-state index in [9.17, 15) is 0 Å². The number of rotatable bonds is 3. The Balaban J connectivity index is 2.98. The summed E-state index contributed by atoms with van der Waals surface area (Å²) < 4.78 is 6.34. The molecule has 0 saturated heterocycles. The van der Waals surface area contributed by atoms with Crippen molar-refractivity contribution in [1.29, 1.82) is 0 Å². The van der Waals surface area contributed by atoms with Crippen LogP contribution in [0.15, 0.2) is 22.7 Å². The van der Waals surface area contributed by atoms with E-state index in [0.717, 1.165) is 15.8 Å². The maximum atomic E-state index is 5.79. The third-order valence-electron chi connectivity index (χ3n) is 1.78. The zero-order valence-electron chi connectivity index (χ0n) is 7.96. The summed E-state index contributed by atoms with van der Waals surface area (Å²) in [6.07, 6.45) is 5.12. The highest BCUT2D eigenvalue weighted by Crippen LogP contribution is 2.27. The van der Waals surface area contributed by atoms with Gasteiger partial charge in [-0.1, -0.05) is 27.9 Å². The SMILES string of the molecule is C#CCOc1cc(Br)ccc1C(C)N. The standard InChI is InChI=1S/C11H12BrNO/c1-3-6-14-11-7-9(12)4-5-10(11)8(2)13/h1,4-5,7-8H,6,13H2,2H3. The summed E-state index contributed by atoms with van der Waals surface area (Å²) in [5.74, 6) is 3.17. The van der Waals surface area contributed by atoms with Gasteiger partial charge in [-0.05, 0) is 19.1 Å². The second kappa shape index (κ2) is 5.04. The lowest BCUT2D eigenvalue weighted by Crippen LogP contribution is -2.08. The number of nitrogens with two attached hydrogens (primary N) is 1. The van der Waals surface area contributed by atoms with E-state index in [0.29, 0.717) is 0 Å². The Kier molecular flexibility index (Phi) is 3.99. The fourth-order valence-corrected chi connectivity index (χ4v) is 1.47. The molecule has 0 spiro atoms. The number of hydrogen-bond donors (Lipinski definition) is 1. The second-order valence-electron chi connectivity index (χ2n) is 2.96. The average molecular weight is 254 g/mol. The molecule has 2 nitrogen and oxygen atoms in total. The first-order valence-electron chi connectivity index (χ1n) is 4.26. The zero-order chi connectivity index (χ0) is 10.6. The predicted molar refractivity (Wildman–Crippen MR) is 61.1 cm³/mol. The largest absolute Gasteiger partial charge is 0.481 e. The first-order chi connectivity index (χ1) is 6.65. The van der Waals surface area contributed by atoms with Crippen molar-refractivity contribution in [3.8, 4) is 18.1 Å². The lowest BCUT2D eigenvalue weighted by Gasteiger charge is -2.12. The molecule has 1 aromatic carbocycles. The molecule has 3 heteroatoms. The van der Waals surface area contributed by atoms with E-state index in [1.54, 1.807) is 0 Å². The van der Waals surface area contributed by atoms with Crippen molar-refractivity contribution in [2.24, 2.45) is 5.73 Å². The molecular weight excluding hydrogens is 242 g/mol. The van der Waals surface area contributed by atoms with Crippen LogP contribution in [0.1, 0.15) is 18.5 Å². The molecule has 0 amide bonds. The van der Waals surface area contributed by atoms with Gasteiger partial charge in [0.1, 0.15) is 12.4 Å². The molecule has 14 heavy (non-hydrogen) atoms. The summed E-state index contributed by atoms with van der Waals surface area (Å²) in [7, 11) is 0. The third-order valence-corrected chi connectivity index (χ3v) is 2.27. The van der Waals surface area contributed by atoms with Gasteiger partial charge in [-0.15, -0.1) is 6.42 Å². The number of terminal acetylenes is 1. The molecule has 1 aromatic rings. The minimum absolute atomic E-state index is 0.0594. The minimum Gasteiger partial charge on any atom is -0.481 e. The van der Waals surface area contributed by atoms with Crippen LogP contribution < -0.4 is 10.5 Å². The molecule has 0 aliphatic carbocycles. The Labute approximate surface area is 92.6 Å². The van der Waals surface area contributed by atoms with Crippen molar-refractivity contribution in [2.45, 2.75) is 13.0 Å². The molecule has 1 rings (SSSR count). The Morgan fingerprint density at radius 1 is 1.64 bits per heavy atom. The molecule has 0 saturated carbocycles. The first kappa shape index (κ1) is 11.1. The average Bonchev–Trinajstić information content (AvgIpc) is 2.14. The van der Waals surface area contributed by atoms with Crippen molar-refractivity contribution in [3.63, 3.8) is 0 Å². The summed E-state index contributed by atoms with van der Waals surface area (Å²) in [5, 5.41) is 0. The van der Waals surface area contributed by atoms with E-state index in [1.807, 2.05) is 25.1 Å². The second-order valence-corrected chi connectivity index (χ2v) is 3.88. The first-order valence-corrected chi connectivity index (χ1v) is 5.05. The fraction of sp³-hybridized carbons (Fsp3) is 0.273. The van der Waals surface area contributed by atoms with Crippen LogP contribution in [0.2, 0.25) is 0 Å². The van der Waals surface area contributed by atoms with Crippen LogP contribution in [0.25, 0.3) is 0 Å². The summed E-state index contributed by atoms with van der Waals surface area (Å²) >= 11 is 3.36. The van der Waals surface area contributed by atoms with E-state index < -0.39 is 0 Å². The van der Waals surface area contributed by atoms with Gasteiger partial charge < -0.3 is 10.5 Å². The molecule has 0 aliphatic rings. The quantitative estimate of drug-likeness (QED) is 0.841. The van der Waals surface area contributed by atoms with Crippen LogP contribution >= 0.6 is 15.9 Å². The lowest BCUT2D eigenvalue weighted by molar-refractivity contribution is 0.364. The molecule has 74 valence electrons. The van der Waals surface area contributed by atoms with Crippen LogP contribution in [0.3, 0.4) is 0 Å². The zero-order valence-corrected chi connectivity index (χ0v) is 9.54. The molecule has 1 atom stereocenters. The molecular formula is C11H12BrNO. The number of halogens is 1. The van der Waals surface area contributed by atoms with Crippen LogP contribution in [-0.2, 0) is 0 Å². The topological polar surface area (TPSA) is 35.2 Å². The third kappa shape index (κ3) is 2.76. The molecule has 0 fully saturated rings. The molecule has 0 aromatic heterocycles. The van der Waals surface area contributed by atoms with E-state index in [4.69, 9.17) is 16.9 Å². The molecule has 1 unspecified atom stereocenters. The maximum absolute atomic E-state index is 5.79. The highest BCUT2D eigenvalue weighted by atomic mass is 79.9. The van der Waals surface area contributed by atoms with Crippen molar-refractivity contribution in [3.05, 3.63) is 28.2 Å². The Morgan fingerprint density at radius 3 is 2.93 bits per heavy atom. The normalized spacial score (nSPS) is 11.9. The fourth-order valence-electron chi connectivity index (χ4n) is 1.13. The Bertz CT molecular complexity index is 355. The summed E-state index contributed by atoms with van der Waals surface area (Å²) in [6.45, 7) is 2.17.